The summed E-state index contributed by atoms with van der Waals surface area (Å²) in [6.45, 7) is 0. The zero-order valence-electron chi connectivity index (χ0n) is 31.1. The van der Waals surface area contributed by atoms with E-state index in [9.17, 15) is 0 Å². The normalized spacial score (nSPS) is 11.5. The van der Waals surface area contributed by atoms with Gasteiger partial charge in [0.15, 0.2) is 0 Å². The molecule has 0 aliphatic rings. The molecule has 11 aromatic rings. The zero-order valence-corrected chi connectivity index (χ0v) is 31.1. The Kier molecular flexibility index (Phi) is 7.82. The Morgan fingerprint density at radius 3 is 1.63 bits per heavy atom. The van der Waals surface area contributed by atoms with E-state index in [0.29, 0.717) is 0 Å². The lowest BCUT2D eigenvalue weighted by Gasteiger charge is -2.26. The minimum atomic E-state index is 0.867. The summed E-state index contributed by atoms with van der Waals surface area (Å²) in [5.74, 6) is 0. The molecule has 11 rings (SSSR count). The van der Waals surface area contributed by atoms with Crippen molar-refractivity contribution in [3.05, 3.63) is 218 Å². The van der Waals surface area contributed by atoms with Crippen molar-refractivity contribution in [2.75, 3.05) is 4.90 Å². The first kappa shape index (κ1) is 32.8. The van der Waals surface area contributed by atoms with E-state index in [2.05, 4.69) is 216 Å². The quantitative estimate of drug-likeness (QED) is 0.163. The van der Waals surface area contributed by atoms with E-state index in [0.717, 1.165) is 55.8 Å². The van der Waals surface area contributed by atoms with E-state index in [4.69, 9.17) is 4.42 Å². The molecule has 0 N–H and O–H groups in total. The SMILES string of the molecule is c1ccc(-c2ccc(N(c3ccc(-c4ccccc4-n4c5ccccc5c5cccc(-c6ccccc6)c54)cc3)c3ccc4c(c3)oc3ccccc34)cc2)cc1. The van der Waals surface area contributed by atoms with Crippen LogP contribution in [0.5, 0.6) is 0 Å². The number of rotatable bonds is 7. The summed E-state index contributed by atoms with van der Waals surface area (Å²) < 4.78 is 8.84. The molecule has 0 bridgehead atoms. The number of fused-ring (bicyclic) bond motifs is 6. The van der Waals surface area contributed by atoms with Gasteiger partial charge in [-0.1, -0.05) is 158 Å². The van der Waals surface area contributed by atoms with Gasteiger partial charge in [-0.3, -0.25) is 0 Å². The summed E-state index contributed by atoms with van der Waals surface area (Å²) in [7, 11) is 0. The van der Waals surface area contributed by atoms with Gasteiger partial charge in [-0.2, -0.15) is 0 Å². The van der Waals surface area contributed by atoms with Crippen molar-refractivity contribution in [1.82, 2.24) is 4.57 Å². The predicted octanol–water partition coefficient (Wildman–Crippen LogP) is 15.2. The molecule has 9 aromatic carbocycles. The molecule has 3 nitrogen and oxygen atoms in total. The summed E-state index contributed by atoms with van der Waals surface area (Å²) >= 11 is 0. The van der Waals surface area contributed by atoms with Gasteiger partial charge in [0.25, 0.3) is 0 Å². The molecule has 0 aliphatic heterocycles. The molecule has 0 unspecified atom stereocenters. The topological polar surface area (TPSA) is 21.3 Å². The number of benzene rings is 9. The fourth-order valence-electron chi connectivity index (χ4n) is 8.56. The van der Waals surface area contributed by atoms with Gasteiger partial charge in [-0.05, 0) is 76.9 Å². The number of aromatic nitrogens is 1. The average molecular weight is 729 g/mol. The monoisotopic (exact) mass is 728 g/mol. The number of anilines is 3. The minimum absolute atomic E-state index is 0.867. The highest BCUT2D eigenvalue weighted by atomic mass is 16.3. The fraction of sp³-hybridized carbons (Fsp3) is 0. The highest BCUT2D eigenvalue weighted by Crippen LogP contribution is 2.43. The van der Waals surface area contributed by atoms with Crippen LogP contribution in [-0.2, 0) is 0 Å². The van der Waals surface area contributed by atoms with Crippen molar-refractivity contribution < 1.29 is 4.42 Å². The molecule has 0 saturated heterocycles. The third-order valence-electron chi connectivity index (χ3n) is 11.2. The Bertz CT molecular complexity index is 3210. The molecular weight excluding hydrogens is 693 g/mol. The van der Waals surface area contributed by atoms with Gasteiger partial charge in [0.05, 0.1) is 16.7 Å². The Morgan fingerprint density at radius 1 is 0.333 bits per heavy atom. The first-order chi connectivity index (χ1) is 28.3. The van der Waals surface area contributed by atoms with E-state index in [1.54, 1.807) is 0 Å². The van der Waals surface area contributed by atoms with Gasteiger partial charge in [0.2, 0.25) is 0 Å². The van der Waals surface area contributed by atoms with Gasteiger partial charge >= 0.3 is 0 Å². The van der Waals surface area contributed by atoms with Crippen LogP contribution in [0.2, 0.25) is 0 Å². The van der Waals surface area contributed by atoms with E-state index < -0.39 is 0 Å². The van der Waals surface area contributed by atoms with Crippen LogP contribution < -0.4 is 4.90 Å². The van der Waals surface area contributed by atoms with Gasteiger partial charge in [0, 0.05) is 55.8 Å². The summed E-state index contributed by atoms with van der Waals surface area (Å²) in [4.78, 5) is 2.32. The molecule has 0 aliphatic carbocycles. The molecule has 0 spiro atoms. The van der Waals surface area contributed by atoms with Crippen molar-refractivity contribution in [1.29, 1.82) is 0 Å². The van der Waals surface area contributed by atoms with Crippen molar-refractivity contribution in [2.45, 2.75) is 0 Å². The van der Waals surface area contributed by atoms with Crippen LogP contribution >= 0.6 is 0 Å². The summed E-state index contributed by atoms with van der Waals surface area (Å²) in [5.41, 5.74) is 15.5. The highest BCUT2D eigenvalue weighted by molar-refractivity contribution is 6.14. The Balaban J connectivity index is 1.05. The third-order valence-corrected chi connectivity index (χ3v) is 11.2. The smallest absolute Gasteiger partial charge is 0.137 e. The molecule has 2 heterocycles. The maximum absolute atomic E-state index is 6.39. The molecule has 0 amide bonds. The van der Waals surface area contributed by atoms with Crippen LogP contribution in [0.25, 0.3) is 82.8 Å². The summed E-state index contributed by atoms with van der Waals surface area (Å²) in [6.07, 6.45) is 0. The van der Waals surface area contributed by atoms with E-state index in [1.807, 2.05) is 12.1 Å². The molecular formula is C54H36N2O. The van der Waals surface area contributed by atoms with Crippen LogP contribution in [0.15, 0.2) is 223 Å². The first-order valence-electron chi connectivity index (χ1n) is 19.4. The zero-order chi connectivity index (χ0) is 37.7. The minimum Gasteiger partial charge on any atom is -0.456 e. The second-order valence-electron chi connectivity index (χ2n) is 14.5. The number of hydrogen-bond donors (Lipinski definition) is 0. The van der Waals surface area contributed by atoms with E-state index in [-0.39, 0.29) is 0 Å². The lowest BCUT2D eigenvalue weighted by Crippen LogP contribution is -2.09. The fourth-order valence-corrected chi connectivity index (χ4v) is 8.56. The molecule has 2 aromatic heterocycles. The van der Waals surface area contributed by atoms with E-state index in [1.165, 1.54) is 44.1 Å². The van der Waals surface area contributed by atoms with Crippen molar-refractivity contribution in [3.8, 4) is 39.1 Å². The molecule has 0 saturated carbocycles. The van der Waals surface area contributed by atoms with Crippen LogP contribution in [0.3, 0.4) is 0 Å². The third kappa shape index (κ3) is 5.60. The number of furan rings is 1. The molecule has 3 heteroatoms. The van der Waals surface area contributed by atoms with Crippen molar-refractivity contribution in [3.63, 3.8) is 0 Å². The lowest BCUT2D eigenvalue weighted by atomic mass is 10.0. The number of para-hydroxylation sites is 4. The second kappa shape index (κ2) is 13.6. The Labute approximate surface area is 330 Å². The van der Waals surface area contributed by atoms with Crippen molar-refractivity contribution in [2.24, 2.45) is 0 Å². The van der Waals surface area contributed by atoms with Crippen LogP contribution in [0.1, 0.15) is 0 Å². The van der Waals surface area contributed by atoms with Crippen LogP contribution in [0.4, 0.5) is 17.1 Å². The van der Waals surface area contributed by atoms with Crippen molar-refractivity contribution >= 4 is 60.8 Å². The summed E-state index contributed by atoms with van der Waals surface area (Å²) in [5, 5.41) is 4.72. The summed E-state index contributed by atoms with van der Waals surface area (Å²) in [6, 6.07) is 78.1. The van der Waals surface area contributed by atoms with E-state index >= 15 is 0 Å². The molecule has 57 heavy (non-hydrogen) atoms. The second-order valence-corrected chi connectivity index (χ2v) is 14.5. The maximum Gasteiger partial charge on any atom is 0.137 e. The molecule has 0 fully saturated rings. The first-order valence-corrected chi connectivity index (χ1v) is 19.4. The predicted molar refractivity (Wildman–Crippen MR) is 239 cm³/mol. The number of hydrogen-bond acceptors (Lipinski definition) is 2. The maximum atomic E-state index is 6.39. The van der Waals surface area contributed by atoms with Gasteiger partial charge < -0.3 is 13.9 Å². The number of nitrogens with zero attached hydrogens (tertiary/aromatic N) is 2. The van der Waals surface area contributed by atoms with Crippen LogP contribution in [-0.4, -0.2) is 4.57 Å². The van der Waals surface area contributed by atoms with Crippen LogP contribution in [0, 0.1) is 0 Å². The lowest BCUT2D eigenvalue weighted by molar-refractivity contribution is 0.669. The largest absolute Gasteiger partial charge is 0.456 e. The standard InChI is InChI=1S/C54H36N2O/c1-3-14-37(15-4-1)38-26-30-41(31-27-38)55(43-34-35-48-47-20-9-12-25-52(47)57-53(48)36-43)42-32-28-40(29-33-42)44-18-7-10-23-50(44)56-51-24-11-8-19-46(51)49-22-13-21-45(54(49)56)39-16-5-2-6-17-39/h1-36H. The molecule has 0 atom stereocenters. The highest BCUT2D eigenvalue weighted by Gasteiger charge is 2.20. The van der Waals surface area contributed by atoms with Gasteiger partial charge in [-0.25, -0.2) is 0 Å². The average Bonchev–Trinajstić information content (AvgIpc) is 3.83. The molecule has 0 radical (unpaired) electrons. The Morgan fingerprint density at radius 2 is 0.860 bits per heavy atom. The Hall–Kier alpha value is -7.62. The van der Waals surface area contributed by atoms with Gasteiger partial charge in [-0.15, -0.1) is 0 Å². The molecule has 268 valence electrons. The van der Waals surface area contributed by atoms with Gasteiger partial charge in [0.1, 0.15) is 11.2 Å².